The Morgan fingerprint density at radius 2 is 1.81 bits per heavy atom. The fourth-order valence-corrected chi connectivity index (χ4v) is 2.07. The third kappa shape index (κ3) is 4.82. The SMILES string of the molecule is CCCCCC1N=CC=CN1CCCCC. The summed E-state index contributed by atoms with van der Waals surface area (Å²) in [7, 11) is 0. The van der Waals surface area contributed by atoms with Gasteiger partial charge in [-0.2, -0.15) is 0 Å². The zero-order chi connectivity index (χ0) is 11.6. The molecule has 1 aliphatic rings. The highest BCUT2D eigenvalue weighted by Crippen LogP contribution is 2.15. The molecule has 92 valence electrons. The van der Waals surface area contributed by atoms with Crippen molar-refractivity contribution >= 4 is 6.21 Å². The van der Waals surface area contributed by atoms with Gasteiger partial charge in [-0.25, -0.2) is 0 Å². The van der Waals surface area contributed by atoms with Gasteiger partial charge in [-0.05, 0) is 25.3 Å². The van der Waals surface area contributed by atoms with Crippen molar-refractivity contribution in [2.24, 2.45) is 4.99 Å². The molecule has 0 saturated carbocycles. The summed E-state index contributed by atoms with van der Waals surface area (Å²) in [6.45, 7) is 5.67. The minimum absolute atomic E-state index is 0.411. The van der Waals surface area contributed by atoms with Crippen molar-refractivity contribution in [1.29, 1.82) is 0 Å². The normalized spacial score (nSPS) is 19.4. The van der Waals surface area contributed by atoms with Crippen molar-refractivity contribution in [2.45, 2.75) is 65.0 Å². The first-order valence-corrected chi connectivity index (χ1v) is 6.84. The summed E-state index contributed by atoms with van der Waals surface area (Å²) < 4.78 is 0. The van der Waals surface area contributed by atoms with Crippen LogP contribution in [0.5, 0.6) is 0 Å². The van der Waals surface area contributed by atoms with E-state index in [4.69, 9.17) is 0 Å². The molecule has 0 N–H and O–H groups in total. The van der Waals surface area contributed by atoms with Gasteiger partial charge in [-0.1, -0.05) is 39.5 Å². The largest absolute Gasteiger partial charge is 0.356 e. The predicted octanol–water partition coefficient (Wildman–Crippen LogP) is 3.98. The lowest BCUT2D eigenvalue weighted by atomic mass is 10.1. The summed E-state index contributed by atoms with van der Waals surface area (Å²) in [4.78, 5) is 6.98. The minimum Gasteiger partial charge on any atom is -0.356 e. The van der Waals surface area contributed by atoms with E-state index in [1.807, 2.05) is 6.21 Å². The summed E-state index contributed by atoms with van der Waals surface area (Å²) in [6.07, 6.45) is 15.7. The third-order valence-corrected chi connectivity index (χ3v) is 3.09. The Hall–Kier alpha value is -0.790. The fraction of sp³-hybridized carbons (Fsp3) is 0.786. The molecule has 0 saturated heterocycles. The lowest BCUT2D eigenvalue weighted by molar-refractivity contribution is 0.257. The number of aliphatic imine (C=N–C) groups is 1. The van der Waals surface area contributed by atoms with Gasteiger partial charge in [0.05, 0.1) is 0 Å². The smallest absolute Gasteiger partial charge is 0.120 e. The van der Waals surface area contributed by atoms with Gasteiger partial charge in [0.25, 0.3) is 0 Å². The predicted molar refractivity (Wildman–Crippen MR) is 71.8 cm³/mol. The Bertz CT molecular complexity index is 197. The summed E-state index contributed by atoms with van der Waals surface area (Å²) in [5.41, 5.74) is 0. The van der Waals surface area contributed by atoms with Crippen LogP contribution in [0.25, 0.3) is 0 Å². The van der Waals surface area contributed by atoms with Crippen molar-refractivity contribution in [3.63, 3.8) is 0 Å². The van der Waals surface area contributed by atoms with Crippen molar-refractivity contribution < 1.29 is 0 Å². The van der Waals surface area contributed by atoms with Crippen LogP contribution >= 0.6 is 0 Å². The van der Waals surface area contributed by atoms with Crippen molar-refractivity contribution in [2.75, 3.05) is 6.54 Å². The molecule has 0 spiro atoms. The monoisotopic (exact) mass is 222 g/mol. The van der Waals surface area contributed by atoms with E-state index in [-0.39, 0.29) is 0 Å². The second kappa shape index (κ2) is 8.37. The van der Waals surface area contributed by atoms with E-state index in [1.54, 1.807) is 0 Å². The highest BCUT2D eigenvalue weighted by molar-refractivity contribution is 5.71. The summed E-state index contributed by atoms with van der Waals surface area (Å²) >= 11 is 0. The maximum Gasteiger partial charge on any atom is 0.120 e. The standard InChI is InChI=1S/C14H26N2/c1-3-5-7-10-14-15-11-9-13-16(14)12-8-6-4-2/h9,11,13-14H,3-8,10,12H2,1-2H3. The Balaban J connectivity index is 2.28. The van der Waals surface area contributed by atoms with Crippen LogP contribution < -0.4 is 0 Å². The molecule has 1 unspecified atom stereocenters. The van der Waals surface area contributed by atoms with Gasteiger partial charge in [-0.15, -0.1) is 0 Å². The summed E-state index contributed by atoms with van der Waals surface area (Å²) in [5, 5.41) is 0. The summed E-state index contributed by atoms with van der Waals surface area (Å²) in [6, 6.07) is 0. The van der Waals surface area contributed by atoms with Gasteiger partial charge in [0, 0.05) is 19.0 Å². The molecule has 0 radical (unpaired) electrons. The molecule has 0 fully saturated rings. The van der Waals surface area contributed by atoms with Crippen molar-refractivity contribution in [1.82, 2.24) is 4.90 Å². The molecule has 0 aliphatic carbocycles. The van der Waals surface area contributed by atoms with Crippen LogP contribution in [-0.4, -0.2) is 23.8 Å². The topological polar surface area (TPSA) is 15.6 Å². The van der Waals surface area contributed by atoms with E-state index in [1.165, 1.54) is 51.5 Å². The fourth-order valence-electron chi connectivity index (χ4n) is 2.07. The first-order valence-electron chi connectivity index (χ1n) is 6.84. The molecule has 16 heavy (non-hydrogen) atoms. The average Bonchev–Trinajstić information content (AvgIpc) is 2.32. The molecular formula is C14H26N2. The zero-order valence-electron chi connectivity index (χ0n) is 10.9. The van der Waals surface area contributed by atoms with Gasteiger partial charge in [0.1, 0.15) is 6.17 Å². The lowest BCUT2D eigenvalue weighted by Crippen LogP contribution is -2.32. The molecule has 2 heteroatoms. The number of unbranched alkanes of at least 4 members (excludes halogenated alkanes) is 4. The van der Waals surface area contributed by atoms with Crippen LogP contribution in [0.2, 0.25) is 0 Å². The molecule has 0 aromatic rings. The quantitative estimate of drug-likeness (QED) is 0.567. The van der Waals surface area contributed by atoms with Gasteiger partial charge in [-0.3, -0.25) is 4.99 Å². The second-order valence-electron chi connectivity index (χ2n) is 4.56. The highest BCUT2D eigenvalue weighted by atomic mass is 15.2. The molecule has 2 nitrogen and oxygen atoms in total. The molecule has 1 heterocycles. The van der Waals surface area contributed by atoms with E-state index in [0.717, 1.165) is 0 Å². The molecule has 1 aliphatic heterocycles. The summed E-state index contributed by atoms with van der Waals surface area (Å²) in [5.74, 6) is 0. The van der Waals surface area contributed by atoms with Crippen LogP contribution in [0.4, 0.5) is 0 Å². The molecular weight excluding hydrogens is 196 g/mol. The average molecular weight is 222 g/mol. The number of nitrogens with zero attached hydrogens (tertiary/aromatic N) is 2. The number of hydrogen-bond acceptors (Lipinski definition) is 2. The van der Waals surface area contributed by atoms with Crippen molar-refractivity contribution in [3.05, 3.63) is 12.3 Å². The third-order valence-electron chi connectivity index (χ3n) is 3.09. The van der Waals surface area contributed by atoms with Gasteiger partial charge < -0.3 is 4.90 Å². The lowest BCUT2D eigenvalue weighted by Gasteiger charge is -2.29. The van der Waals surface area contributed by atoms with Crippen LogP contribution in [-0.2, 0) is 0 Å². The van der Waals surface area contributed by atoms with Crippen LogP contribution in [0, 0.1) is 0 Å². The van der Waals surface area contributed by atoms with E-state index in [0.29, 0.717) is 6.17 Å². The Morgan fingerprint density at radius 1 is 1.06 bits per heavy atom. The minimum atomic E-state index is 0.411. The molecule has 0 aromatic heterocycles. The Kier molecular flexibility index (Phi) is 6.95. The Labute approximate surface area is 100 Å². The number of allylic oxidation sites excluding steroid dienone is 1. The molecule has 0 bridgehead atoms. The molecule has 0 aromatic carbocycles. The second-order valence-corrected chi connectivity index (χ2v) is 4.56. The van der Waals surface area contributed by atoms with Gasteiger partial charge in [0.15, 0.2) is 0 Å². The molecule has 1 rings (SSSR count). The molecule has 1 atom stereocenters. The van der Waals surface area contributed by atoms with Crippen LogP contribution in [0.15, 0.2) is 17.3 Å². The van der Waals surface area contributed by atoms with E-state index in [9.17, 15) is 0 Å². The number of rotatable bonds is 8. The van der Waals surface area contributed by atoms with Gasteiger partial charge >= 0.3 is 0 Å². The van der Waals surface area contributed by atoms with E-state index < -0.39 is 0 Å². The first-order chi connectivity index (χ1) is 7.88. The first kappa shape index (κ1) is 13.3. The van der Waals surface area contributed by atoms with Crippen LogP contribution in [0.1, 0.15) is 58.8 Å². The maximum absolute atomic E-state index is 4.58. The molecule has 0 amide bonds. The Morgan fingerprint density at radius 3 is 2.56 bits per heavy atom. The van der Waals surface area contributed by atoms with Crippen LogP contribution in [0.3, 0.4) is 0 Å². The van der Waals surface area contributed by atoms with E-state index in [2.05, 4.69) is 36.0 Å². The zero-order valence-corrected chi connectivity index (χ0v) is 10.9. The maximum atomic E-state index is 4.58. The van der Waals surface area contributed by atoms with Gasteiger partial charge in [0.2, 0.25) is 0 Å². The van der Waals surface area contributed by atoms with E-state index >= 15 is 0 Å². The highest BCUT2D eigenvalue weighted by Gasteiger charge is 2.14. The van der Waals surface area contributed by atoms with Crippen molar-refractivity contribution in [3.8, 4) is 0 Å². The number of hydrogen-bond donors (Lipinski definition) is 0.